The van der Waals surface area contributed by atoms with Gasteiger partial charge < -0.3 is 4.52 Å². The van der Waals surface area contributed by atoms with Crippen molar-refractivity contribution in [3.8, 4) is 0 Å². The van der Waals surface area contributed by atoms with E-state index in [4.69, 9.17) is 4.52 Å². The van der Waals surface area contributed by atoms with Crippen LogP contribution in [0.2, 0.25) is 0 Å². The van der Waals surface area contributed by atoms with Crippen LogP contribution in [0.15, 0.2) is 39.5 Å². The monoisotopic (exact) mass is 217 g/mol. The standard InChI is InChI=1S/C10H7N3OS/c1-3-14-12-9(1)7-5-11-6-8(7)10-2-4-15-13-10/h1-6,8H. The Balaban J connectivity index is 1.99. The van der Waals surface area contributed by atoms with Crippen LogP contribution < -0.4 is 0 Å². The number of allylic oxidation sites excluding steroid dienone is 1. The summed E-state index contributed by atoms with van der Waals surface area (Å²) in [4.78, 5) is 4.15. The van der Waals surface area contributed by atoms with Gasteiger partial charge in [0.25, 0.3) is 0 Å². The van der Waals surface area contributed by atoms with E-state index < -0.39 is 0 Å². The van der Waals surface area contributed by atoms with Gasteiger partial charge >= 0.3 is 0 Å². The molecule has 0 bridgehead atoms. The topological polar surface area (TPSA) is 51.3 Å². The third-order valence-electron chi connectivity index (χ3n) is 2.29. The maximum Gasteiger partial charge on any atom is 0.124 e. The van der Waals surface area contributed by atoms with Crippen molar-refractivity contribution in [2.45, 2.75) is 5.92 Å². The molecule has 0 saturated carbocycles. The summed E-state index contributed by atoms with van der Waals surface area (Å²) in [5.74, 6) is 0.112. The number of nitrogens with zero attached hydrogens (tertiary/aromatic N) is 3. The lowest BCUT2D eigenvalue weighted by Gasteiger charge is -2.05. The molecule has 0 aromatic carbocycles. The van der Waals surface area contributed by atoms with Crippen LogP contribution in [0.1, 0.15) is 17.3 Å². The first kappa shape index (κ1) is 8.55. The molecule has 0 amide bonds. The molecule has 0 spiro atoms. The Morgan fingerprint density at radius 2 is 2.33 bits per heavy atom. The van der Waals surface area contributed by atoms with Crippen LogP contribution in [0.3, 0.4) is 0 Å². The molecule has 0 fully saturated rings. The van der Waals surface area contributed by atoms with Crippen LogP contribution in [0.4, 0.5) is 0 Å². The van der Waals surface area contributed by atoms with Crippen molar-refractivity contribution in [1.29, 1.82) is 0 Å². The van der Waals surface area contributed by atoms with Crippen molar-refractivity contribution < 1.29 is 4.52 Å². The molecule has 4 nitrogen and oxygen atoms in total. The molecular weight excluding hydrogens is 210 g/mol. The lowest BCUT2D eigenvalue weighted by atomic mass is 9.97. The van der Waals surface area contributed by atoms with E-state index in [2.05, 4.69) is 14.5 Å². The lowest BCUT2D eigenvalue weighted by molar-refractivity contribution is 0.417. The smallest absolute Gasteiger partial charge is 0.124 e. The van der Waals surface area contributed by atoms with Gasteiger partial charge in [-0.25, -0.2) is 0 Å². The summed E-state index contributed by atoms with van der Waals surface area (Å²) in [6.07, 6.45) is 5.24. The summed E-state index contributed by atoms with van der Waals surface area (Å²) in [5, 5.41) is 5.87. The Kier molecular flexibility index (Phi) is 1.96. The zero-order chi connectivity index (χ0) is 10.1. The summed E-state index contributed by atoms with van der Waals surface area (Å²) in [7, 11) is 0. The fraction of sp³-hybridized carbons (Fsp3) is 0.100. The van der Waals surface area contributed by atoms with Gasteiger partial charge in [-0.15, -0.1) is 0 Å². The number of hydrogen-bond donors (Lipinski definition) is 0. The highest BCUT2D eigenvalue weighted by molar-refractivity contribution is 7.03. The average Bonchev–Trinajstić information content (AvgIpc) is 3.01. The Morgan fingerprint density at radius 3 is 3.07 bits per heavy atom. The highest BCUT2D eigenvalue weighted by Crippen LogP contribution is 2.32. The molecule has 3 rings (SSSR count). The van der Waals surface area contributed by atoms with Crippen molar-refractivity contribution in [3.05, 3.63) is 41.4 Å². The van der Waals surface area contributed by atoms with E-state index >= 15 is 0 Å². The molecule has 0 saturated heterocycles. The molecule has 1 aliphatic rings. The van der Waals surface area contributed by atoms with Gasteiger partial charge in [0.05, 0.1) is 11.6 Å². The van der Waals surface area contributed by atoms with Gasteiger partial charge in [-0.1, -0.05) is 5.16 Å². The molecule has 3 heterocycles. The first-order valence-electron chi connectivity index (χ1n) is 4.49. The summed E-state index contributed by atoms with van der Waals surface area (Å²) >= 11 is 1.44. The zero-order valence-corrected chi connectivity index (χ0v) is 8.52. The minimum Gasteiger partial charge on any atom is -0.364 e. The molecule has 1 atom stereocenters. The third-order valence-corrected chi connectivity index (χ3v) is 2.87. The number of aliphatic imine (C=N–C) groups is 1. The quantitative estimate of drug-likeness (QED) is 0.775. The molecule has 74 valence electrons. The predicted octanol–water partition coefficient (Wildman–Crippen LogP) is 2.34. The van der Waals surface area contributed by atoms with Crippen molar-refractivity contribution in [2.75, 3.05) is 0 Å². The van der Waals surface area contributed by atoms with E-state index in [1.807, 2.05) is 29.9 Å². The average molecular weight is 217 g/mol. The maximum absolute atomic E-state index is 4.83. The van der Waals surface area contributed by atoms with Crippen LogP contribution >= 0.6 is 11.5 Å². The molecule has 0 aliphatic carbocycles. The van der Waals surface area contributed by atoms with Crippen molar-refractivity contribution in [3.63, 3.8) is 0 Å². The lowest BCUT2D eigenvalue weighted by Crippen LogP contribution is -2.00. The molecule has 0 radical (unpaired) electrons. The largest absolute Gasteiger partial charge is 0.364 e. The SMILES string of the molecule is C1=NC=C(c2ccon2)C1c1ccsn1. The van der Waals surface area contributed by atoms with Gasteiger partial charge in [-0.2, -0.15) is 4.37 Å². The fourth-order valence-corrected chi connectivity index (χ4v) is 2.13. The maximum atomic E-state index is 4.83. The van der Waals surface area contributed by atoms with Crippen LogP contribution in [-0.4, -0.2) is 15.7 Å². The normalized spacial score (nSPS) is 19.5. The van der Waals surface area contributed by atoms with E-state index in [-0.39, 0.29) is 5.92 Å². The molecule has 5 heteroatoms. The van der Waals surface area contributed by atoms with E-state index in [1.165, 1.54) is 11.5 Å². The Labute approximate surface area is 90.1 Å². The van der Waals surface area contributed by atoms with Crippen LogP contribution in [-0.2, 0) is 0 Å². The van der Waals surface area contributed by atoms with Gasteiger partial charge in [0.1, 0.15) is 12.0 Å². The van der Waals surface area contributed by atoms with E-state index in [9.17, 15) is 0 Å². The third kappa shape index (κ3) is 1.41. The van der Waals surface area contributed by atoms with Crippen LogP contribution in [0.5, 0.6) is 0 Å². The van der Waals surface area contributed by atoms with Gasteiger partial charge in [0, 0.05) is 29.4 Å². The first-order valence-corrected chi connectivity index (χ1v) is 5.33. The molecule has 2 aromatic heterocycles. The Bertz CT molecular complexity index is 499. The predicted molar refractivity (Wildman–Crippen MR) is 57.8 cm³/mol. The second-order valence-corrected chi connectivity index (χ2v) is 3.83. The van der Waals surface area contributed by atoms with E-state index in [0.29, 0.717) is 0 Å². The minimum absolute atomic E-state index is 0.112. The first-order chi connectivity index (χ1) is 7.45. The van der Waals surface area contributed by atoms with E-state index in [0.717, 1.165) is 17.0 Å². The summed E-state index contributed by atoms with van der Waals surface area (Å²) in [6, 6.07) is 3.83. The molecular formula is C10H7N3OS. The molecule has 2 aromatic rings. The summed E-state index contributed by atoms with van der Waals surface area (Å²) in [5.41, 5.74) is 2.87. The number of hydrogen-bond acceptors (Lipinski definition) is 5. The highest BCUT2D eigenvalue weighted by atomic mass is 32.1. The Hall–Kier alpha value is -1.75. The van der Waals surface area contributed by atoms with Gasteiger partial charge in [-0.05, 0) is 17.6 Å². The molecule has 15 heavy (non-hydrogen) atoms. The van der Waals surface area contributed by atoms with E-state index in [1.54, 1.807) is 6.26 Å². The zero-order valence-electron chi connectivity index (χ0n) is 7.70. The summed E-state index contributed by atoms with van der Waals surface area (Å²) < 4.78 is 9.14. The van der Waals surface area contributed by atoms with Crippen molar-refractivity contribution in [2.24, 2.45) is 4.99 Å². The number of rotatable bonds is 2. The van der Waals surface area contributed by atoms with Gasteiger partial charge in [0.2, 0.25) is 0 Å². The molecule has 1 aliphatic heterocycles. The molecule has 0 N–H and O–H groups in total. The second-order valence-electron chi connectivity index (χ2n) is 3.17. The minimum atomic E-state index is 0.112. The Morgan fingerprint density at radius 1 is 1.33 bits per heavy atom. The van der Waals surface area contributed by atoms with Crippen molar-refractivity contribution >= 4 is 23.3 Å². The van der Waals surface area contributed by atoms with Gasteiger partial charge in [-0.3, -0.25) is 4.99 Å². The fourth-order valence-electron chi connectivity index (χ4n) is 1.57. The van der Waals surface area contributed by atoms with Crippen molar-refractivity contribution in [1.82, 2.24) is 9.53 Å². The van der Waals surface area contributed by atoms with Gasteiger partial charge in [0.15, 0.2) is 0 Å². The van der Waals surface area contributed by atoms with Crippen LogP contribution in [0.25, 0.3) is 5.57 Å². The summed E-state index contributed by atoms with van der Waals surface area (Å²) in [6.45, 7) is 0. The van der Waals surface area contributed by atoms with Crippen LogP contribution in [0, 0.1) is 0 Å². The number of aromatic nitrogens is 2. The second kappa shape index (κ2) is 3.43. The molecule has 1 unspecified atom stereocenters. The highest BCUT2D eigenvalue weighted by Gasteiger charge is 2.23.